The summed E-state index contributed by atoms with van der Waals surface area (Å²) in [7, 11) is 0. The zero-order valence-electron chi connectivity index (χ0n) is 13.3. The second kappa shape index (κ2) is 8.51. The van der Waals surface area contributed by atoms with Crippen LogP contribution in [0.15, 0.2) is 36.5 Å². The molecule has 2 atom stereocenters. The molecule has 0 saturated heterocycles. The van der Waals surface area contributed by atoms with Gasteiger partial charge in [0.25, 0.3) is 0 Å². The van der Waals surface area contributed by atoms with Gasteiger partial charge >= 0.3 is 0 Å². The Morgan fingerprint density at radius 1 is 1.29 bits per heavy atom. The number of carbonyl (C=O) groups excluding carboxylic acids is 1. The summed E-state index contributed by atoms with van der Waals surface area (Å²) in [5.41, 5.74) is 7.05. The highest BCUT2D eigenvalue weighted by Gasteiger charge is 2.25. The summed E-state index contributed by atoms with van der Waals surface area (Å²) >= 11 is 5.90. The molecule has 1 aromatic heterocycles. The van der Waals surface area contributed by atoms with Gasteiger partial charge in [-0.25, -0.2) is 4.68 Å². The molecule has 0 radical (unpaired) electrons. The van der Waals surface area contributed by atoms with Gasteiger partial charge in [-0.05, 0) is 37.0 Å². The van der Waals surface area contributed by atoms with Gasteiger partial charge < -0.3 is 11.1 Å². The van der Waals surface area contributed by atoms with Crippen molar-refractivity contribution in [1.82, 2.24) is 9.78 Å². The first kappa shape index (κ1) is 18.8. The molecule has 1 amide bonds. The maximum absolute atomic E-state index is 12.4. The van der Waals surface area contributed by atoms with Gasteiger partial charge in [-0.3, -0.25) is 4.79 Å². The van der Waals surface area contributed by atoms with E-state index in [0.717, 1.165) is 31.2 Å². The van der Waals surface area contributed by atoms with Crippen molar-refractivity contribution < 1.29 is 4.79 Å². The normalized spacial score (nSPS) is 20.2. The van der Waals surface area contributed by atoms with Gasteiger partial charge in [0.15, 0.2) is 0 Å². The molecule has 5 nitrogen and oxygen atoms in total. The second-order valence-electron chi connectivity index (χ2n) is 6.11. The highest BCUT2D eigenvalue weighted by atomic mass is 35.5. The van der Waals surface area contributed by atoms with Crippen molar-refractivity contribution >= 4 is 35.7 Å². The van der Waals surface area contributed by atoms with Gasteiger partial charge in [-0.2, -0.15) is 5.10 Å². The molecule has 0 bridgehead atoms. The van der Waals surface area contributed by atoms with Crippen LogP contribution in [0.4, 0.5) is 5.82 Å². The number of halogens is 2. The number of amides is 1. The van der Waals surface area contributed by atoms with E-state index in [1.54, 1.807) is 10.9 Å². The van der Waals surface area contributed by atoms with E-state index in [9.17, 15) is 4.79 Å². The molecule has 1 aromatic carbocycles. The van der Waals surface area contributed by atoms with Crippen LogP contribution in [0, 0.1) is 5.92 Å². The molecule has 1 aliphatic rings. The largest absolute Gasteiger partial charge is 0.328 e. The summed E-state index contributed by atoms with van der Waals surface area (Å²) in [6, 6.07) is 9.56. The summed E-state index contributed by atoms with van der Waals surface area (Å²) in [4.78, 5) is 12.4. The molecule has 1 saturated carbocycles. The monoisotopic (exact) mass is 368 g/mol. The van der Waals surface area contributed by atoms with E-state index in [-0.39, 0.29) is 30.3 Å². The number of nitrogens with zero attached hydrogens (tertiary/aromatic N) is 2. The standard InChI is InChI=1S/C17H21ClN4O.ClH/c18-14-6-4-12(5-7-14)11-22-16(8-9-20-22)21-17(23)13-2-1-3-15(19)10-13;/h4-9,13,15H,1-3,10-11,19H2,(H,21,23);1H. The van der Waals surface area contributed by atoms with E-state index in [1.165, 1.54) is 0 Å². The molecule has 2 aromatic rings. The van der Waals surface area contributed by atoms with Crippen LogP contribution in [0.5, 0.6) is 0 Å². The highest BCUT2D eigenvalue weighted by molar-refractivity contribution is 6.30. The summed E-state index contributed by atoms with van der Waals surface area (Å²) in [6.07, 6.45) is 5.39. The van der Waals surface area contributed by atoms with Crippen molar-refractivity contribution in [3.8, 4) is 0 Å². The average molecular weight is 369 g/mol. The van der Waals surface area contributed by atoms with Gasteiger partial charge in [0.2, 0.25) is 5.91 Å². The summed E-state index contributed by atoms with van der Waals surface area (Å²) < 4.78 is 1.78. The number of hydrogen-bond donors (Lipinski definition) is 2. The van der Waals surface area contributed by atoms with E-state index >= 15 is 0 Å². The van der Waals surface area contributed by atoms with Gasteiger partial charge in [0, 0.05) is 23.0 Å². The van der Waals surface area contributed by atoms with Crippen LogP contribution >= 0.6 is 24.0 Å². The van der Waals surface area contributed by atoms with Crippen molar-refractivity contribution in [2.75, 3.05) is 5.32 Å². The van der Waals surface area contributed by atoms with Crippen LogP contribution < -0.4 is 11.1 Å². The van der Waals surface area contributed by atoms with Crippen LogP contribution in [0.3, 0.4) is 0 Å². The van der Waals surface area contributed by atoms with Crippen molar-refractivity contribution in [3.63, 3.8) is 0 Å². The minimum Gasteiger partial charge on any atom is -0.328 e. The van der Waals surface area contributed by atoms with Crippen molar-refractivity contribution in [2.45, 2.75) is 38.3 Å². The van der Waals surface area contributed by atoms with E-state index < -0.39 is 0 Å². The molecule has 2 unspecified atom stereocenters. The number of hydrogen-bond acceptors (Lipinski definition) is 3. The Morgan fingerprint density at radius 2 is 2.04 bits per heavy atom. The molecule has 24 heavy (non-hydrogen) atoms. The number of carbonyl (C=O) groups is 1. The third kappa shape index (κ3) is 4.72. The predicted octanol–water partition coefficient (Wildman–Crippen LogP) is 3.46. The first-order valence-corrected chi connectivity index (χ1v) is 8.32. The van der Waals surface area contributed by atoms with Gasteiger partial charge in [0.1, 0.15) is 5.82 Å². The molecule has 0 aliphatic heterocycles. The topological polar surface area (TPSA) is 72.9 Å². The minimum absolute atomic E-state index is 0. The summed E-state index contributed by atoms with van der Waals surface area (Å²) in [6.45, 7) is 0.587. The SMILES string of the molecule is Cl.NC1CCCC(C(=O)Nc2ccnn2Cc2ccc(Cl)cc2)C1. The highest BCUT2D eigenvalue weighted by Crippen LogP contribution is 2.24. The van der Waals surface area contributed by atoms with E-state index in [4.69, 9.17) is 17.3 Å². The van der Waals surface area contributed by atoms with Crippen LogP contribution in [-0.4, -0.2) is 21.7 Å². The van der Waals surface area contributed by atoms with Crippen molar-refractivity contribution in [1.29, 1.82) is 0 Å². The van der Waals surface area contributed by atoms with Gasteiger partial charge in [0.05, 0.1) is 12.7 Å². The summed E-state index contributed by atoms with van der Waals surface area (Å²) in [5, 5.41) is 7.99. The fourth-order valence-corrected chi connectivity index (χ4v) is 3.15. The van der Waals surface area contributed by atoms with Gasteiger partial charge in [-0.15, -0.1) is 12.4 Å². The zero-order valence-corrected chi connectivity index (χ0v) is 14.9. The predicted molar refractivity (Wildman–Crippen MR) is 98.6 cm³/mol. The number of nitrogens with two attached hydrogens (primary N) is 1. The maximum Gasteiger partial charge on any atom is 0.228 e. The molecule has 3 rings (SSSR count). The fraction of sp³-hybridized carbons (Fsp3) is 0.412. The van der Waals surface area contributed by atoms with E-state index in [1.807, 2.05) is 30.3 Å². The van der Waals surface area contributed by atoms with E-state index in [2.05, 4.69) is 10.4 Å². The number of aromatic nitrogens is 2. The number of nitrogens with one attached hydrogen (secondary N) is 1. The molecule has 0 spiro atoms. The Balaban J connectivity index is 0.00000208. The smallest absolute Gasteiger partial charge is 0.228 e. The molecule has 3 N–H and O–H groups in total. The molecule has 1 aliphatic carbocycles. The Kier molecular flexibility index (Phi) is 6.66. The maximum atomic E-state index is 12.4. The van der Waals surface area contributed by atoms with Crippen LogP contribution in [-0.2, 0) is 11.3 Å². The molecule has 130 valence electrons. The fourth-order valence-electron chi connectivity index (χ4n) is 3.02. The first-order chi connectivity index (χ1) is 11.1. The van der Waals surface area contributed by atoms with Crippen LogP contribution in [0.1, 0.15) is 31.2 Å². The molecule has 1 heterocycles. The Hall–Kier alpha value is -1.56. The number of anilines is 1. The van der Waals surface area contributed by atoms with Gasteiger partial charge in [-0.1, -0.05) is 30.2 Å². The van der Waals surface area contributed by atoms with Crippen molar-refractivity contribution in [2.24, 2.45) is 11.7 Å². The Bertz CT molecular complexity index is 671. The van der Waals surface area contributed by atoms with Crippen LogP contribution in [0.2, 0.25) is 5.02 Å². The first-order valence-electron chi connectivity index (χ1n) is 7.94. The third-order valence-corrected chi connectivity index (χ3v) is 4.55. The second-order valence-corrected chi connectivity index (χ2v) is 6.55. The Labute approximate surface area is 153 Å². The van der Waals surface area contributed by atoms with E-state index in [0.29, 0.717) is 17.4 Å². The molecular weight excluding hydrogens is 347 g/mol. The number of benzene rings is 1. The minimum atomic E-state index is -0.00219. The average Bonchev–Trinajstić information content (AvgIpc) is 2.96. The Morgan fingerprint density at radius 3 is 2.75 bits per heavy atom. The third-order valence-electron chi connectivity index (χ3n) is 4.30. The van der Waals surface area contributed by atoms with Crippen molar-refractivity contribution in [3.05, 3.63) is 47.1 Å². The quantitative estimate of drug-likeness (QED) is 0.867. The lowest BCUT2D eigenvalue weighted by atomic mass is 9.85. The lowest BCUT2D eigenvalue weighted by molar-refractivity contribution is -0.120. The zero-order chi connectivity index (χ0) is 16.2. The van der Waals surface area contributed by atoms with Crippen LogP contribution in [0.25, 0.3) is 0 Å². The molecular formula is C17H22Cl2N4O. The molecule has 1 fully saturated rings. The number of rotatable bonds is 4. The molecule has 7 heteroatoms. The lowest BCUT2D eigenvalue weighted by Crippen LogP contribution is -2.34. The summed E-state index contributed by atoms with van der Waals surface area (Å²) in [5.74, 6) is 0.750. The lowest BCUT2D eigenvalue weighted by Gasteiger charge is -2.25.